The molecule has 0 amide bonds. The molecule has 0 aliphatic rings. The molecule has 0 aliphatic carbocycles. The fourth-order valence-corrected chi connectivity index (χ4v) is 2.25. The van der Waals surface area contributed by atoms with E-state index < -0.39 is 0 Å². The van der Waals surface area contributed by atoms with Crippen LogP contribution in [0, 0.1) is 0 Å². The molecule has 2 nitrogen and oxygen atoms in total. The van der Waals surface area contributed by atoms with E-state index in [0.29, 0.717) is 18.8 Å². The van der Waals surface area contributed by atoms with Gasteiger partial charge in [0.15, 0.2) is 0 Å². The highest BCUT2D eigenvalue weighted by molar-refractivity contribution is 6.56. The SMILES string of the molecule is [NH3+]CCNc1c(Cl)c(Cl)c(Cl)c(Cl)c1Cl. The van der Waals surface area contributed by atoms with Gasteiger partial charge >= 0.3 is 0 Å². The Kier molecular flexibility index (Phi) is 5.10. The third-order valence-corrected chi connectivity index (χ3v) is 3.97. The number of benzene rings is 1. The lowest BCUT2D eigenvalue weighted by atomic mass is 10.3. The third-order valence-electron chi connectivity index (χ3n) is 1.69. The number of rotatable bonds is 3. The standard InChI is InChI=1S/C8H7Cl5N2/c9-3-4(10)6(12)8(15-2-1-14)7(13)5(3)11/h15H,1-2,14H2/p+1. The number of halogens is 5. The average molecular weight is 309 g/mol. The van der Waals surface area contributed by atoms with Crippen molar-refractivity contribution in [3.05, 3.63) is 25.1 Å². The largest absolute Gasteiger partial charge is 0.377 e. The highest BCUT2D eigenvalue weighted by Gasteiger charge is 2.18. The van der Waals surface area contributed by atoms with Crippen molar-refractivity contribution in [2.24, 2.45) is 0 Å². The minimum atomic E-state index is 0.161. The summed E-state index contributed by atoms with van der Waals surface area (Å²) in [5, 5.41) is 4.07. The topological polar surface area (TPSA) is 39.7 Å². The fraction of sp³-hybridized carbons (Fsp3) is 0.250. The van der Waals surface area contributed by atoms with Gasteiger partial charge in [-0.25, -0.2) is 0 Å². The van der Waals surface area contributed by atoms with Crippen LogP contribution in [0.4, 0.5) is 5.69 Å². The molecule has 0 aliphatic heterocycles. The van der Waals surface area contributed by atoms with Crippen molar-refractivity contribution in [1.82, 2.24) is 0 Å². The number of quaternary nitrogens is 1. The molecule has 0 fully saturated rings. The van der Waals surface area contributed by atoms with E-state index in [4.69, 9.17) is 58.0 Å². The van der Waals surface area contributed by atoms with Crippen LogP contribution in [0.25, 0.3) is 0 Å². The first-order valence-corrected chi connectivity index (χ1v) is 5.94. The average Bonchev–Trinajstić information content (AvgIpc) is 2.24. The molecule has 15 heavy (non-hydrogen) atoms. The molecule has 0 heterocycles. The zero-order valence-electron chi connectivity index (χ0n) is 7.51. The Bertz CT molecular complexity index is 351. The van der Waals surface area contributed by atoms with E-state index in [1.54, 1.807) is 0 Å². The van der Waals surface area contributed by atoms with Crippen LogP contribution in [-0.4, -0.2) is 13.1 Å². The van der Waals surface area contributed by atoms with Gasteiger partial charge in [-0.15, -0.1) is 0 Å². The molecular weight excluding hydrogens is 301 g/mol. The molecule has 0 bridgehead atoms. The Morgan fingerprint density at radius 2 is 1.20 bits per heavy atom. The molecule has 84 valence electrons. The highest BCUT2D eigenvalue weighted by Crippen LogP contribution is 2.46. The summed E-state index contributed by atoms with van der Waals surface area (Å²) in [5.41, 5.74) is 4.17. The van der Waals surface area contributed by atoms with Crippen LogP contribution >= 0.6 is 58.0 Å². The number of hydrogen-bond donors (Lipinski definition) is 2. The molecule has 4 N–H and O–H groups in total. The summed E-state index contributed by atoms with van der Waals surface area (Å²) in [6, 6.07) is 0. The predicted octanol–water partition coefficient (Wildman–Crippen LogP) is 3.61. The Morgan fingerprint density at radius 1 is 0.800 bits per heavy atom. The van der Waals surface area contributed by atoms with E-state index in [-0.39, 0.29) is 25.1 Å². The molecular formula is C8H8Cl5N2+. The molecule has 1 aromatic rings. The van der Waals surface area contributed by atoms with Crippen LogP contribution in [0.1, 0.15) is 0 Å². The van der Waals surface area contributed by atoms with Crippen molar-refractivity contribution >= 4 is 63.7 Å². The fourth-order valence-electron chi connectivity index (χ4n) is 0.973. The molecule has 0 unspecified atom stereocenters. The van der Waals surface area contributed by atoms with Crippen molar-refractivity contribution in [3.8, 4) is 0 Å². The quantitative estimate of drug-likeness (QED) is 0.650. The lowest BCUT2D eigenvalue weighted by Gasteiger charge is -2.13. The van der Waals surface area contributed by atoms with Crippen molar-refractivity contribution in [2.75, 3.05) is 18.4 Å². The van der Waals surface area contributed by atoms with Gasteiger partial charge in [0.05, 0.1) is 43.9 Å². The monoisotopic (exact) mass is 307 g/mol. The van der Waals surface area contributed by atoms with Gasteiger partial charge < -0.3 is 11.1 Å². The van der Waals surface area contributed by atoms with Crippen molar-refractivity contribution in [2.45, 2.75) is 0 Å². The summed E-state index contributed by atoms with van der Waals surface area (Å²) in [6.45, 7) is 1.30. The zero-order chi connectivity index (χ0) is 11.6. The van der Waals surface area contributed by atoms with E-state index in [1.807, 2.05) is 0 Å². The Balaban J connectivity index is 3.26. The van der Waals surface area contributed by atoms with Gasteiger partial charge in [-0.1, -0.05) is 58.0 Å². The normalized spacial score (nSPS) is 10.5. The first kappa shape index (κ1) is 13.5. The first-order valence-electron chi connectivity index (χ1n) is 4.05. The summed E-state index contributed by atoms with van der Waals surface area (Å²) in [5.74, 6) is 0. The Labute approximate surface area is 113 Å². The maximum atomic E-state index is 5.97. The van der Waals surface area contributed by atoms with E-state index >= 15 is 0 Å². The lowest BCUT2D eigenvalue weighted by Crippen LogP contribution is -2.53. The molecule has 1 rings (SSSR count). The van der Waals surface area contributed by atoms with Crippen LogP contribution in [-0.2, 0) is 0 Å². The minimum absolute atomic E-state index is 0.161. The second-order valence-electron chi connectivity index (χ2n) is 2.73. The molecule has 0 spiro atoms. The predicted molar refractivity (Wildman–Crippen MR) is 67.7 cm³/mol. The molecule has 0 aromatic heterocycles. The summed E-state index contributed by atoms with van der Waals surface area (Å²) >= 11 is 29.5. The minimum Gasteiger partial charge on any atom is -0.377 e. The van der Waals surface area contributed by atoms with Crippen LogP contribution < -0.4 is 11.1 Å². The number of anilines is 1. The van der Waals surface area contributed by atoms with Gasteiger partial charge in [-0.3, -0.25) is 0 Å². The van der Waals surface area contributed by atoms with Crippen LogP contribution in [0.5, 0.6) is 0 Å². The van der Waals surface area contributed by atoms with E-state index in [0.717, 1.165) is 0 Å². The van der Waals surface area contributed by atoms with Crippen LogP contribution in [0.3, 0.4) is 0 Å². The van der Waals surface area contributed by atoms with Crippen molar-refractivity contribution < 1.29 is 5.73 Å². The van der Waals surface area contributed by atoms with E-state index in [1.165, 1.54) is 0 Å². The van der Waals surface area contributed by atoms with Gasteiger partial charge in [0.2, 0.25) is 0 Å². The second kappa shape index (κ2) is 5.67. The molecule has 0 saturated heterocycles. The van der Waals surface area contributed by atoms with Crippen molar-refractivity contribution in [3.63, 3.8) is 0 Å². The molecule has 1 aromatic carbocycles. The second-order valence-corrected chi connectivity index (χ2v) is 4.62. The van der Waals surface area contributed by atoms with Crippen LogP contribution in [0.15, 0.2) is 0 Å². The summed E-state index contributed by atoms with van der Waals surface area (Å²) < 4.78 is 0. The Morgan fingerprint density at radius 3 is 1.60 bits per heavy atom. The molecule has 0 saturated carbocycles. The van der Waals surface area contributed by atoms with Gasteiger partial charge in [0, 0.05) is 0 Å². The summed E-state index contributed by atoms with van der Waals surface area (Å²) in [4.78, 5) is 0. The first-order chi connectivity index (χ1) is 7.00. The van der Waals surface area contributed by atoms with Crippen LogP contribution in [0.2, 0.25) is 25.1 Å². The lowest BCUT2D eigenvalue weighted by molar-refractivity contribution is -0.362. The zero-order valence-corrected chi connectivity index (χ0v) is 11.3. The molecule has 0 radical (unpaired) electrons. The van der Waals surface area contributed by atoms with Gasteiger partial charge in [0.1, 0.15) is 0 Å². The van der Waals surface area contributed by atoms with E-state index in [9.17, 15) is 0 Å². The third kappa shape index (κ3) is 2.76. The summed E-state index contributed by atoms with van der Waals surface area (Å²) in [7, 11) is 0. The smallest absolute Gasteiger partial charge is 0.0915 e. The molecule has 7 heteroatoms. The maximum absolute atomic E-state index is 5.97. The number of nitrogens with one attached hydrogen (secondary N) is 1. The molecule has 0 atom stereocenters. The maximum Gasteiger partial charge on any atom is 0.0915 e. The van der Waals surface area contributed by atoms with E-state index in [2.05, 4.69) is 11.1 Å². The summed E-state index contributed by atoms with van der Waals surface area (Å²) in [6.07, 6.45) is 0. The Hall–Kier alpha value is 0.430. The number of hydrogen-bond acceptors (Lipinski definition) is 1. The van der Waals surface area contributed by atoms with Crippen molar-refractivity contribution in [1.29, 1.82) is 0 Å². The van der Waals surface area contributed by atoms with Gasteiger partial charge in [-0.05, 0) is 0 Å². The van der Waals surface area contributed by atoms with Gasteiger partial charge in [0.25, 0.3) is 0 Å². The highest BCUT2D eigenvalue weighted by atomic mass is 35.5. The van der Waals surface area contributed by atoms with Gasteiger partial charge in [-0.2, -0.15) is 0 Å².